The molecule has 0 aromatic heterocycles. The summed E-state index contributed by atoms with van der Waals surface area (Å²) in [5.74, 6) is 0. The molecule has 1 aliphatic carbocycles. The van der Waals surface area contributed by atoms with Crippen molar-refractivity contribution in [2.45, 2.75) is 37.4 Å². The van der Waals surface area contributed by atoms with Crippen LogP contribution in [0.5, 0.6) is 0 Å². The molecule has 0 radical (unpaired) electrons. The molecule has 2 N–H and O–H groups in total. The van der Waals surface area contributed by atoms with Crippen molar-refractivity contribution >= 4 is 0 Å². The second kappa shape index (κ2) is 2.57. The lowest BCUT2D eigenvalue weighted by molar-refractivity contribution is -0.0598. The van der Waals surface area contributed by atoms with Gasteiger partial charge >= 0.3 is 0 Å². The van der Waals surface area contributed by atoms with Gasteiger partial charge < -0.3 is 10.2 Å². The van der Waals surface area contributed by atoms with Crippen molar-refractivity contribution in [1.82, 2.24) is 0 Å². The Morgan fingerprint density at radius 3 is 2.60 bits per heavy atom. The Morgan fingerprint density at radius 2 is 2.20 bits per heavy atom. The van der Waals surface area contributed by atoms with Crippen molar-refractivity contribution in [3.8, 4) is 6.07 Å². The van der Waals surface area contributed by atoms with Crippen LogP contribution in [0.15, 0.2) is 0 Å². The molecular weight excluding hydrogens is 130 g/mol. The van der Waals surface area contributed by atoms with E-state index in [0.717, 1.165) is 12.8 Å². The normalized spacial score (nSPS) is 40.7. The Labute approximate surface area is 59.9 Å². The molecule has 0 amide bonds. The lowest BCUT2D eigenvalue weighted by atomic mass is 9.83. The van der Waals surface area contributed by atoms with Gasteiger partial charge in [-0.15, -0.1) is 0 Å². The number of nitriles is 1. The van der Waals surface area contributed by atoms with Crippen molar-refractivity contribution in [1.29, 1.82) is 5.26 Å². The van der Waals surface area contributed by atoms with Crippen LogP contribution in [0, 0.1) is 11.3 Å². The summed E-state index contributed by atoms with van der Waals surface area (Å²) in [7, 11) is 0. The van der Waals surface area contributed by atoms with Gasteiger partial charge in [-0.05, 0) is 19.3 Å². The fourth-order valence-electron chi connectivity index (χ4n) is 1.27. The predicted molar refractivity (Wildman–Crippen MR) is 35.0 cm³/mol. The molecule has 0 saturated heterocycles. The largest absolute Gasteiger partial charge is 0.389 e. The molecular formula is C7H11NO2. The first-order valence-electron chi connectivity index (χ1n) is 3.51. The quantitative estimate of drug-likeness (QED) is 0.473. The molecule has 3 nitrogen and oxygen atoms in total. The van der Waals surface area contributed by atoms with E-state index in [1.165, 1.54) is 0 Å². The first kappa shape index (κ1) is 7.52. The predicted octanol–water partition coefficient (Wildman–Crippen LogP) is 0.176. The highest BCUT2D eigenvalue weighted by atomic mass is 16.3. The molecule has 1 saturated carbocycles. The minimum atomic E-state index is -1.46. The summed E-state index contributed by atoms with van der Waals surface area (Å²) < 4.78 is 0. The molecule has 1 rings (SSSR count). The number of nitrogens with zero attached hydrogens (tertiary/aromatic N) is 1. The zero-order valence-corrected chi connectivity index (χ0v) is 5.75. The van der Waals surface area contributed by atoms with Crippen molar-refractivity contribution in [3.63, 3.8) is 0 Å². The second-order valence-electron chi connectivity index (χ2n) is 2.80. The Hall–Kier alpha value is -0.590. The molecule has 0 heterocycles. The minimum Gasteiger partial charge on any atom is -0.389 e. The lowest BCUT2D eigenvalue weighted by Crippen LogP contribution is -2.43. The smallest absolute Gasteiger partial charge is 0.176 e. The maximum atomic E-state index is 9.34. The average Bonchev–Trinajstić information content (AvgIpc) is 1.96. The van der Waals surface area contributed by atoms with E-state index in [2.05, 4.69) is 0 Å². The molecule has 1 aliphatic rings. The number of aliphatic hydroxyl groups excluding tert-OH is 1. The van der Waals surface area contributed by atoms with E-state index < -0.39 is 11.7 Å². The van der Waals surface area contributed by atoms with Gasteiger partial charge in [0.25, 0.3) is 0 Å². The molecule has 3 heteroatoms. The van der Waals surface area contributed by atoms with Crippen molar-refractivity contribution < 1.29 is 10.2 Å². The van der Waals surface area contributed by atoms with Crippen molar-refractivity contribution in [3.05, 3.63) is 0 Å². The Balaban J connectivity index is 2.65. The molecule has 0 aliphatic heterocycles. The van der Waals surface area contributed by atoms with E-state index in [1.54, 1.807) is 6.07 Å². The van der Waals surface area contributed by atoms with E-state index in [9.17, 15) is 5.11 Å². The fourth-order valence-corrected chi connectivity index (χ4v) is 1.27. The monoisotopic (exact) mass is 141 g/mol. The van der Waals surface area contributed by atoms with Gasteiger partial charge in [-0.1, -0.05) is 6.42 Å². The maximum Gasteiger partial charge on any atom is 0.176 e. The maximum absolute atomic E-state index is 9.34. The summed E-state index contributed by atoms with van der Waals surface area (Å²) in [6, 6.07) is 1.74. The van der Waals surface area contributed by atoms with Crippen LogP contribution in [0.25, 0.3) is 0 Å². The summed E-state index contributed by atoms with van der Waals surface area (Å²) in [6.45, 7) is 0. The molecule has 0 spiro atoms. The highest BCUT2D eigenvalue weighted by molar-refractivity contribution is 5.06. The van der Waals surface area contributed by atoms with Crippen LogP contribution < -0.4 is 0 Å². The summed E-state index contributed by atoms with van der Waals surface area (Å²) in [5.41, 5.74) is -1.46. The Kier molecular flexibility index (Phi) is 1.93. The van der Waals surface area contributed by atoms with Crippen LogP contribution in [0.2, 0.25) is 0 Å². The summed E-state index contributed by atoms with van der Waals surface area (Å²) in [5, 5.41) is 27.0. The van der Waals surface area contributed by atoms with Crippen LogP contribution in [-0.2, 0) is 0 Å². The van der Waals surface area contributed by atoms with Gasteiger partial charge in [0.15, 0.2) is 5.60 Å². The number of aliphatic hydroxyl groups is 2. The van der Waals surface area contributed by atoms with Gasteiger partial charge in [0.05, 0.1) is 6.10 Å². The third kappa shape index (κ3) is 1.13. The molecule has 2 atom stereocenters. The molecule has 56 valence electrons. The minimum absolute atomic E-state index is 0.407. The van der Waals surface area contributed by atoms with E-state index in [-0.39, 0.29) is 0 Å². The first-order valence-corrected chi connectivity index (χ1v) is 3.51. The Morgan fingerprint density at radius 1 is 1.50 bits per heavy atom. The number of hydrogen-bond donors (Lipinski definition) is 2. The van der Waals surface area contributed by atoms with Gasteiger partial charge in [0.2, 0.25) is 0 Å². The standard InChI is InChI=1S/C7H11NO2/c8-5-7(10)4-2-1-3-6(7)9/h6,9-10H,1-4H2. The van der Waals surface area contributed by atoms with Gasteiger partial charge in [0.1, 0.15) is 6.07 Å². The van der Waals surface area contributed by atoms with Crippen molar-refractivity contribution in [2.75, 3.05) is 0 Å². The molecule has 0 bridgehead atoms. The van der Waals surface area contributed by atoms with Gasteiger partial charge in [-0.25, -0.2) is 0 Å². The third-order valence-corrected chi connectivity index (χ3v) is 2.03. The second-order valence-corrected chi connectivity index (χ2v) is 2.80. The van der Waals surface area contributed by atoms with Crippen LogP contribution in [0.4, 0.5) is 0 Å². The topological polar surface area (TPSA) is 64.2 Å². The van der Waals surface area contributed by atoms with Crippen LogP contribution in [0.1, 0.15) is 25.7 Å². The van der Waals surface area contributed by atoms with Gasteiger partial charge in [0, 0.05) is 0 Å². The van der Waals surface area contributed by atoms with Crippen LogP contribution in [-0.4, -0.2) is 21.9 Å². The first-order chi connectivity index (χ1) is 4.69. The SMILES string of the molecule is N#CC1(O)CCCCC1O. The fraction of sp³-hybridized carbons (Fsp3) is 0.857. The lowest BCUT2D eigenvalue weighted by Gasteiger charge is -2.30. The van der Waals surface area contributed by atoms with Crippen molar-refractivity contribution in [2.24, 2.45) is 0 Å². The molecule has 10 heavy (non-hydrogen) atoms. The molecule has 1 fully saturated rings. The third-order valence-electron chi connectivity index (χ3n) is 2.03. The molecule has 0 aromatic carbocycles. The number of hydrogen-bond acceptors (Lipinski definition) is 3. The zero-order valence-electron chi connectivity index (χ0n) is 5.75. The Bertz CT molecular complexity index is 163. The highest BCUT2D eigenvalue weighted by Crippen LogP contribution is 2.27. The van der Waals surface area contributed by atoms with Gasteiger partial charge in [-0.2, -0.15) is 5.26 Å². The summed E-state index contributed by atoms with van der Waals surface area (Å²) in [4.78, 5) is 0. The van der Waals surface area contributed by atoms with E-state index in [4.69, 9.17) is 10.4 Å². The van der Waals surface area contributed by atoms with Crippen LogP contribution in [0.3, 0.4) is 0 Å². The van der Waals surface area contributed by atoms with Gasteiger partial charge in [-0.3, -0.25) is 0 Å². The summed E-state index contributed by atoms with van der Waals surface area (Å²) >= 11 is 0. The number of rotatable bonds is 0. The molecule has 0 aromatic rings. The average molecular weight is 141 g/mol. The van der Waals surface area contributed by atoms with E-state index in [0.29, 0.717) is 12.8 Å². The summed E-state index contributed by atoms with van der Waals surface area (Å²) in [6.07, 6.45) is 1.85. The van der Waals surface area contributed by atoms with E-state index in [1.807, 2.05) is 0 Å². The van der Waals surface area contributed by atoms with Crippen LogP contribution >= 0.6 is 0 Å². The highest BCUT2D eigenvalue weighted by Gasteiger charge is 2.37. The van der Waals surface area contributed by atoms with E-state index >= 15 is 0 Å². The molecule has 2 unspecified atom stereocenters. The zero-order chi connectivity index (χ0) is 7.61.